The van der Waals surface area contributed by atoms with Crippen molar-refractivity contribution < 1.29 is 9.21 Å². The number of oxazole rings is 1. The first-order valence-electron chi connectivity index (χ1n) is 5.73. The van der Waals surface area contributed by atoms with Gasteiger partial charge in [0, 0.05) is 18.8 Å². The van der Waals surface area contributed by atoms with E-state index in [0.29, 0.717) is 0 Å². The molecule has 1 aliphatic rings. The molecular formula is C12H13N3O2. The minimum atomic E-state index is -0.141. The van der Waals surface area contributed by atoms with Gasteiger partial charge in [0.25, 0.3) is 5.89 Å². The van der Waals surface area contributed by atoms with Crippen molar-refractivity contribution >= 4 is 5.78 Å². The van der Waals surface area contributed by atoms with Crippen LogP contribution in [0.2, 0.25) is 0 Å². The minimum absolute atomic E-state index is 0.141. The summed E-state index contributed by atoms with van der Waals surface area (Å²) in [6.07, 6.45) is 8.45. The summed E-state index contributed by atoms with van der Waals surface area (Å²) in [5.41, 5.74) is 2.03. The van der Waals surface area contributed by atoms with Crippen molar-refractivity contribution in [3.8, 4) is 0 Å². The van der Waals surface area contributed by atoms with Gasteiger partial charge in [-0.25, -0.2) is 9.97 Å². The maximum atomic E-state index is 11.2. The summed E-state index contributed by atoms with van der Waals surface area (Å²) in [4.78, 5) is 19.6. The molecule has 2 aromatic heterocycles. The fraction of sp³-hybridized carbons (Fsp3) is 0.417. The average Bonchev–Trinajstić information content (AvgIpc) is 2.97. The zero-order valence-corrected chi connectivity index (χ0v) is 9.59. The predicted octanol–water partition coefficient (Wildman–Crippen LogP) is 2.00. The van der Waals surface area contributed by atoms with Crippen LogP contribution in [0.1, 0.15) is 47.9 Å². The largest absolute Gasteiger partial charge is 0.442 e. The van der Waals surface area contributed by atoms with E-state index in [2.05, 4.69) is 14.5 Å². The van der Waals surface area contributed by atoms with Crippen molar-refractivity contribution in [3.05, 3.63) is 36.1 Å². The molecule has 17 heavy (non-hydrogen) atoms. The van der Waals surface area contributed by atoms with Gasteiger partial charge in [-0.3, -0.25) is 4.79 Å². The fourth-order valence-electron chi connectivity index (χ4n) is 2.31. The van der Waals surface area contributed by atoms with Gasteiger partial charge in [-0.05, 0) is 19.3 Å². The summed E-state index contributed by atoms with van der Waals surface area (Å²) in [5.74, 6) is 0.0464. The molecule has 0 fully saturated rings. The summed E-state index contributed by atoms with van der Waals surface area (Å²) < 4.78 is 7.29. The first-order chi connectivity index (χ1) is 8.25. The summed E-state index contributed by atoms with van der Waals surface area (Å²) >= 11 is 0. The SMILES string of the molecule is CC(=O)c1nc(C2CCCc3cncn32)co1. The Labute approximate surface area is 98.5 Å². The van der Waals surface area contributed by atoms with Crippen molar-refractivity contribution in [1.82, 2.24) is 14.5 Å². The Bertz CT molecular complexity index is 556. The monoisotopic (exact) mass is 231 g/mol. The van der Waals surface area contributed by atoms with Crippen molar-refractivity contribution in [3.63, 3.8) is 0 Å². The topological polar surface area (TPSA) is 60.9 Å². The van der Waals surface area contributed by atoms with Gasteiger partial charge < -0.3 is 8.98 Å². The third-order valence-electron chi connectivity index (χ3n) is 3.16. The van der Waals surface area contributed by atoms with Gasteiger partial charge in [-0.15, -0.1) is 0 Å². The van der Waals surface area contributed by atoms with Crippen LogP contribution in [0.5, 0.6) is 0 Å². The number of aryl methyl sites for hydroxylation is 1. The van der Waals surface area contributed by atoms with Crippen molar-refractivity contribution in [2.24, 2.45) is 0 Å². The Morgan fingerprint density at radius 2 is 2.47 bits per heavy atom. The molecule has 0 spiro atoms. The molecule has 0 saturated heterocycles. The number of hydrogen-bond donors (Lipinski definition) is 0. The zero-order chi connectivity index (χ0) is 11.8. The summed E-state index contributed by atoms with van der Waals surface area (Å²) in [7, 11) is 0. The number of Topliss-reactive ketones (excluding diaryl/α,β-unsaturated/α-hetero) is 1. The molecule has 0 amide bonds. The number of imidazole rings is 1. The number of carbonyl (C=O) groups is 1. The molecule has 1 unspecified atom stereocenters. The summed E-state index contributed by atoms with van der Waals surface area (Å²) in [5, 5.41) is 0. The Morgan fingerprint density at radius 1 is 1.59 bits per heavy atom. The van der Waals surface area contributed by atoms with E-state index in [0.717, 1.165) is 25.0 Å². The second kappa shape index (κ2) is 3.84. The van der Waals surface area contributed by atoms with Crippen molar-refractivity contribution in [2.45, 2.75) is 32.2 Å². The Kier molecular flexibility index (Phi) is 2.31. The molecule has 88 valence electrons. The number of hydrogen-bond acceptors (Lipinski definition) is 4. The Morgan fingerprint density at radius 3 is 3.24 bits per heavy atom. The molecule has 1 aliphatic heterocycles. The lowest BCUT2D eigenvalue weighted by Gasteiger charge is -2.23. The van der Waals surface area contributed by atoms with E-state index in [1.165, 1.54) is 12.6 Å². The van der Waals surface area contributed by atoms with Gasteiger partial charge in [0.05, 0.1) is 12.4 Å². The van der Waals surface area contributed by atoms with Crippen LogP contribution in [0, 0.1) is 0 Å². The molecule has 0 radical (unpaired) electrons. The van der Waals surface area contributed by atoms with Crippen LogP contribution in [-0.4, -0.2) is 20.3 Å². The first kappa shape index (κ1) is 10.3. The average molecular weight is 231 g/mol. The van der Waals surface area contributed by atoms with Crippen LogP contribution in [0.15, 0.2) is 23.2 Å². The van der Waals surface area contributed by atoms with Gasteiger partial charge in [0.15, 0.2) is 0 Å². The predicted molar refractivity (Wildman–Crippen MR) is 59.8 cm³/mol. The van der Waals surface area contributed by atoms with E-state index in [4.69, 9.17) is 4.42 Å². The number of carbonyl (C=O) groups excluding carboxylic acids is 1. The van der Waals surface area contributed by atoms with Crippen LogP contribution in [0.25, 0.3) is 0 Å². The fourth-order valence-corrected chi connectivity index (χ4v) is 2.31. The molecule has 0 N–H and O–H groups in total. The highest BCUT2D eigenvalue weighted by Gasteiger charge is 2.24. The van der Waals surface area contributed by atoms with Crippen molar-refractivity contribution in [2.75, 3.05) is 0 Å². The zero-order valence-electron chi connectivity index (χ0n) is 9.59. The number of rotatable bonds is 2. The van der Waals surface area contributed by atoms with E-state index in [1.54, 1.807) is 6.26 Å². The smallest absolute Gasteiger partial charge is 0.263 e. The molecule has 5 heteroatoms. The molecule has 1 atom stereocenters. The van der Waals surface area contributed by atoms with Crippen LogP contribution in [-0.2, 0) is 6.42 Å². The molecule has 0 aliphatic carbocycles. The molecule has 0 saturated carbocycles. The van der Waals surface area contributed by atoms with E-state index in [1.807, 2.05) is 12.5 Å². The molecule has 5 nitrogen and oxygen atoms in total. The van der Waals surface area contributed by atoms with Crippen molar-refractivity contribution in [1.29, 1.82) is 0 Å². The lowest BCUT2D eigenvalue weighted by molar-refractivity contribution is 0.0980. The summed E-state index contributed by atoms with van der Waals surface area (Å²) in [6, 6.07) is 0.151. The number of aromatic nitrogens is 3. The van der Waals surface area contributed by atoms with Gasteiger partial charge in [0.2, 0.25) is 5.78 Å². The third-order valence-corrected chi connectivity index (χ3v) is 3.16. The summed E-state index contributed by atoms with van der Waals surface area (Å²) in [6.45, 7) is 1.46. The van der Waals surface area contributed by atoms with Gasteiger partial charge in [-0.1, -0.05) is 0 Å². The molecule has 3 heterocycles. The highest BCUT2D eigenvalue weighted by atomic mass is 16.3. The van der Waals surface area contributed by atoms with E-state index in [9.17, 15) is 4.79 Å². The second-order valence-corrected chi connectivity index (χ2v) is 4.33. The number of ketones is 1. The maximum absolute atomic E-state index is 11.2. The highest BCUT2D eigenvalue weighted by molar-refractivity contribution is 5.89. The van der Waals surface area contributed by atoms with E-state index >= 15 is 0 Å². The van der Waals surface area contributed by atoms with Crippen LogP contribution < -0.4 is 0 Å². The molecule has 2 aromatic rings. The Hall–Kier alpha value is -1.91. The quantitative estimate of drug-likeness (QED) is 0.741. The van der Waals surface area contributed by atoms with Gasteiger partial charge in [0.1, 0.15) is 12.0 Å². The normalized spacial score (nSPS) is 19.0. The second-order valence-electron chi connectivity index (χ2n) is 4.33. The molecule has 3 rings (SSSR count). The lowest BCUT2D eigenvalue weighted by atomic mass is 10.0. The molecule has 0 aromatic carbocycles. The maximum Gasteiger partial charge on any atom is 0.263 e. The standard InChI is InChI=1S/C12H13N3O2/c1-8(16)12-14-10(6-17-12)11-4-2-3-9-5-13-7-15(9)11/h5-7,11H,2-4H2,1H3. The van der Waals surface area contributed by atoms with Crippen LogP contribution in [0.3, 0.4) is 0 Å². The lowest BCUT2D eigenvalue weighted by Crippen LogP contribution is -2.18. The van der Waals surface area contributed by atoms with Crippen LogP contribution >= 0.6 is 0 Å². The van der Waals surface area contributed by atoms with Gasteiger partial charge in [-0.2, -0.15) is 0 Å². The minimum Gasteiger partial charge on any atom is -0.442 e. The third kappa shape index (κ3) is 1.67. The highest BCUT2D eigenvalue weighted by Crippen LogP contribution is 2.29. The van der Waals surface area contributed by atoms with E-state index < -0.39 is 0 Å². The number of fused-ring (bicyclic) bond motifs is 1. The Balaban J connectivity index is 1.98. The van der Waals surface area contributed by atoms with E-state index in [-0.39, 0.29) is 17.7 Å². The molecule has 0 bridgehead atoms. The number of nitrogens with zero attached hydrogens (tertiary/aromatic N) is 3. The van der Waals surface area contributed by atoms with Crippen LogP contribution in [0.4, 0.5) is 0 Å². The first-order valence-corrected chi connectivity index (χ1v) is 5.73. The van der Waals surface area contributed by atoms with Gasteiger partial charge >= 0.3 is 0 Å². The molecular weight excluding hydrogens is 218 g/mol.